The molecule has 0 bridgehead atoms. The standard InChI is InChI=1S/C20H27FN4O4/c1-14-17(26)24(18(27)25(14)16-7-5-15(21)6-8-16)13-22-9-11-23(12-10-22)19(28)29-20(2,3)4/h5-8,14H,9-13H2,1-4H3/t14-/m0/s1. The maximum atomic E-state index is 13.2. The molecule has 0 N–H and O–H groups in total. The first kappa shape index (κ1) is 21.0. The van der Waals surface area contributed by atoms with Crippen molar-refractivity contribution in [3.8, 4) is 0 Å². The quantitative estimate of drug-likeness (QED) is 0.721. The van der Waals surface area contributed by atoms with Crippen molar-refractivity contribution >= 4 is 23.7 Å². The first-order valence-corrected chi connectivity index (χ1v) is 9.67. The Labute approximate surface area is 169 Å². The summed E-state index contributed by atoms with van der Waals surface area (Å²) >= 11 is 0. The lowest BCUT2D eigenvalue weighted by atomic mass is 10.2. The zero-order chi connectivity index (χ0) is 21.3. The number of benzene rings is 1. The summed E-state index contributed by atoms with van der Waals surface area (Å²) in [6.07, 6.45) is -0.360. The molecule has 9 heteroatoms. The summed E-state index contributed by atoms with van der Waals surface area (Å²) in [7, 11) is 0. The fourth-order valence-electron chi connectivity index (χ4n) is 3.39. The molecule has 2 saturated heterocycles. The third-order valence-electron chi connectivity index (χ3n) is 4.92. The van der Waals surface area contributed by atoms with Gasteiger partial charge < -0.3 is 9.64 Å². The van der Waals surface area contributed by atoms with E-state index in [1.807, 2.05) is 25.7 Å². The Kier molecular flexibility index (Phi) is 5.79. The van der Waals surface area contributed by atoms with E-state index in [0.717, 1.165) is 0 Å². The molecule has 0 radical (unpaired) electrons. The number of nitrogens with zero attached hydrogens (tertiary/aromatic N) is 4. The van der Waals surface area contributed by atoms with Gasteiger partial charge in [0.2, 0.25) is 0 Å². The number of piperazine rings is 1. The number of ether oxygens (including phenoxy) is 1. The van der Waals surface area contributed by atoms with Crippen molar-refractivity contribution in [2.24, 2.45) is 0 Å². The summed E-state index contributed by atoms with van der Waals surface area (Å²) in [6.45, 7) is 9.25. The third-order valence-corrected chi connectivity index (χ3v) is 4.92. The molecule has 1 aromatic carbocycles. The molecule has 4 amide bonds. The molecule has 2 fully saturated rings. The van der Waals surface area contributed by atoms with Crippen LogP contribution >= 0.6 is 0 Å². The summed E-state index contributed by atoms with van der Waals surface area (Å²) in [5.74, 6) is -0.701. The molecule has 2 aliphatic heterocycles. The molecule has 1 aromatic rings. The van der Waals surface area contributed by atoms with Gasteiger partial charge in [0.05, 0.1) is 6.67 Å². The lowest BCUT2D eigenvalue weighted by molar-refractivity contribution is -0.128. The van der Waals surface area contributed by atoms with Crippen LogP contribution in [0.15, 0.2) is 24.3 Å². The molecule has 0 spiro atoms. The van der Waals surface area contributed by atoms with Gasteiger partial charge in [0.15, 0.2) is 0 Å². The summed E-state index contributed by atoms with van der Waals surface area (Å²) in [5.41, 5.74) is -0.0720. The van der Waals surface area contributed by atoms with E-state index >= 15 is 0 Å². The van der Waals surface area contributed by atoms with Gasteiger partial charge in [-0.15, -0.1) is 0 Å². The Morgan fingerprint density at radius 2 is 1.69 bits per heavy atom. The highest BCUT2D eigenvalue weighted by molar-refractivity contribution is 6.14. The van der Waals surface area contributed by atoms with Gasteiger partial charge in [0.1, 0.15) is 17.5 Å². The van der Waals surface area contributed by atoms with E-state index in [-0.39, 0.29) is 18.7 Å². The largest absolute Gasteiger partial charge is 0.444 e. The van der Waals surface area contributed by atoms with E-state index in [1.165, 1.54) is 34.1 Å². The molecule has 0 saturated carbocycles. The Morgan fingerprint density at radius 1 is 1.10 bits per heavy atom. The van der Waals surface area contributed by atoms with Crippen molar-refractivity contribution < 1.29 is 23.5 Å². The van der Waals surface area contributed by atoms with Crippen molar-refractivity contribution in [1.82, 2.24) is 14.7 Å². The lowest BCUT2D eigenvalue weighted by Gasteiger charge is -2.36. The Balaban J connectivity index is 1.60. The van der Waals surface area contributed by atoms with Crippen LogP contribution in [0.5, 0.6) is 0 Å². The zero-order valence-electron chi connectivity index (χ0n) is 17.2. The molecule has 0 unspecified atom stereocenters. The number of carbonyl (C=O) groups excluding carboxylic acids is 3. The number of halogens is 1. The van der Waals surface area contributed by atoms with E-state index in [4.69, 9.17) is 4.74 Å². The molecular weight excluding hydrogens is 379 g/mol. The molecule has 0 aromatic heterocycles. The van der Waals surface area contributed by atoms with Crippen molar-refractivity contribution in [3.05, 3.63) is 30.1 Å². The van der Waals surface area contributed by atoms with E-state index in [1.54, 1.807) is 11.8 Å². The van der Waals surface area contributed by atoms with Crippen LogP contribution in [0, 0.1) is 5.82 Å². The summed E-state index contributed by atoms with van der Waals surface area (Å²) < 4.78 is 18.6. The average molecular weight is 406 g/mol. The van der Waals surface area contributed by atoms with Gasteiger partial charge in [-0.25, -0.2) is 18.9 Å². The highest BCUT2D eigenvalue weighted by Crippen LogP contribution is 2.26. The summed E-state index contributed by atoms with van der Waals surface area (Å²) in [4.78, 5) is 43.8. The predicted octanol–water partition coefficient (Wildman–Crippen LogP) is 2.49. The molecule has 3 rings (SSSR count). The number of rotatable bonds is 3. The number of urea groups is 1. The second-order valence-corrected chi connectivity index (χ2v) is 8.30. The minimum Gasteiger partial charge on any atom is -0.444 e. The molecular formula is C20H27FN4O4. The molecule has 158 valence electrons. The molecule has 1 atom stereocenters. The molecule has 2 heterocycles. The Bertz CT molecular complexity index is 785. The van der Waals surface area contributed by atoms with Gasteiger partial charge in [-0.3, -0.25) is 14.6 Å². The second kappa shape index (κ2) is 7.98. The van der Waals surface area contributed by atoms with E-state index in [9.17, 15) is 18.8 Å². The molecule has 29 heavy (non-hydrogen) atoms. The van der Waals surface area contributed by atoms with Crippen molar-refractivity contribution in [2.45, 2.75) is 39.3 Å². The van der Waals surface area contributed by atoms with E-state index in [2.05, 4.69) is 0 Å². The minimum atomic E-state index is -0.656. The van der Waals surface area contributed by atoms with Crippen molar-refractivity contribution in [1.29, 1.82) is 0 Å². The number of amides is 4. The van der Waals surface area contributed by atoms with Gasteiger partial charge in [-0.05, 0) is 52.0 Å². The maximum absolute atomic E-state index is 13.2. The van der Waals surface area contributed by atoms with E-state index in [0.29, 0.717) is 31.9 Å². The maximum Gasteiger partial charge on any atom is 0.410 e. The van der Waals surface area contributed by atoms with Crippen LogP contribution in [0.1, 0.15) is 27.7 Å². The van der Waals surface area contributed by atoms with Gasteiger partial charge in [0.25, 0.3) is 5.91 Å². The van der Waals surface area contributed by atoms with Gasteiger partial charge in [-0.1, -0.05) is 0 Å². The second-order valence-electron chi connectivity index (χ2n) is 8.30. The van der Waals surface area contributed by atoms with Crippen LogP contribution < -0.4 is 4.90 Å². The molecule has 8 nitrogen and oxygen atoms in total. The van der Waals surface area contributed by atoms with Crippen LogP contribution in [0.2, 0.25) is 0 Å². The SMILES string of the molecule is C[C@H]1C(=O)N(CN2CCN(C(=O)OC(C)(C)C)CC2)C(=O)N1c1ccc(F)cc1. The number of carbonyl (C=O) groups is 3. The summed E-state index contributed by atoms with van der Waals surface area (Å²) in [6, 6.07) is 4.41. The van der Waals surface area contributed by atoms with Crippen LogP contribution in [0.4, 0.5) is 19.7 Å². The highest BCUT2D eigenvalue weighted by Gasteiger charge is 2.44. The summed E-state index contributed by atoms with van der Waals surface area (Å²) in [5, 5.41) is 0. The average Bonchev–Trinajstić information content (AvgIpc) is 2.85. The van der Waals surface area contributed by atoms with E-state index < -0.39 is 23.5 Å². The number of hydrogen-bond donors (Lipinski definition) is 0. The molecule has 2 aliphatic rings. The Morgan fingerprint density at radius 3 is 2.24 bits per heavy atom. The Hall–Kier alpha value is -2.68. The number of imide groups is 1. The molecule has 0 aliphatic carbocycles. The van der Waals surface area contributed by atoms with Gasteiger partial charge in [-0.2, -0.15) is 0 Å². The number of anilines is 1. The lowest BCUT2D eigenvalue weighted by Crippen LogP contribution is -2.53. The highest BCUT2D eigenvalue weighted by atomic mass is 19.1. The first-order chi connectivity index (χ1) is 13.6. The topological polar surface area (TPSA) is 73.4 Å². The first-order valence-electron chi connectivity index (χ1n) is 9.67. The van der Waals surface area contributed by atoms with Crippen LogP contribution in [-0.4, -0.2) is 77.2 Å². The smallest absolute Gasteiger partial charge is 0.410 e. The zero-order valence-corrected chi connectivity index (χ0v) is 17.2. The third kappa shape index (κ3) is 4.67. The monoisotopic (exact) mass is 406 g/mol. The predicted molar refractivity (Wildman–Crippen MR) is 105 cm³/mol. The fraction of sp³-hybridized carbons (Fsp3) is 0.550. The van der Waals surface area contributed by atoms with Crippen LogP contribution in [0.3, 0.4) is 0 Å². The number of hydrogen-bond acceptors (Lipinski definition) is 5. The van der Waals surface area contributed by atoms with Crippen molar-refractivity contribution in [3.63, 3.8) is 0 Å². The fourth-order valence-corrected chi connectivity index (χ4v) is 3.39. The normalized spacial score (nSPS) is 21.1. The van der Waals surface area contributed by atoms with Gasteiger partial charge in [0, 0.05) is 31.9 Å². The van der Waals surface area contributed by atoms with Crippen molar-refractivity contribution in [2.75, 3.05) is 37.7 Å². The van der Waals surface area contributed by atoms with Crippen LogP contribution in [0.25, 0.3) is 0 Å². The van der Waals surface area contributed by atoms with Crippen LogP contribution in [-0.2, 0) is 9.53 Å². The van der Waals surface area contributed by atoms with Gasteiger partial charge >= 0.3 is 12.1 Å². The minimum absolute atomic E-state index is 0.155.